The predicted molar refractivity (Wildman–Crippen MR) is 112 cm³/mol. The van der Waals surface area contributed by atoms with Crippen LogP contribution in [0.25, 0.3) is 6.08 Å². The Morgan fingerprint density at radius 2 is 1.85 bits per heavy atom. The van der Waals surface area contributed by atoms with Crippen molar-refractivity contribution in [3.05, 3.63) is 82.8 Å². The lowest BCUT2D eigenvalue weighted by atomic mass is 10.1. The molecule has 0 spiro atoms. The zero-order chi connectivity index (χ0) is 18.4. The van der Waals surface area contributed by atoms with E-state index in [0.29, 0.717) is 15.8 Å². The summed E-state index contributed by atoms with van der Waals surface area (Å²) in [7, 11) is 1.64. The fourth-order valence-electron chi connectivity index (χ4n) is 2.55. The standard InChI is InChI=1S/C21H19NO2S2/c1-24-18-12-10-17(11-13-18)8-5-9-19-20(23)22(21(25)26-19)15-14-16-6-3-2-4-7-16/h2-13H,14-15H2,1H3/b8-5+,19-9-. The molecule has 2 aromatic rings. The Hall–Kier alpha value is -2.37. The van der Waals surface area contributed by atoms with Crippen molar-refractivity contribution in [2.45, 2.75) is 6.42 Å². The molecule has 0 radical (unpaired) electrons. The molecule has 1 amide bonds. The van der Waals surface area contributed by atoms with Gasteiger partial charge in [-0.25, -0.2) is 0 Å². The minimum absolute atomic E-state index is 0.0182. The molecule has 1 aliphatic rings. The van der Waals surface area contributed by atoms with Crippen molar-refractivity contribution < 1.29 is 9.53 Å². The van der Waals surface area contributed by atoms with E-state index in [2.05, 4.69) is 12.1 Å². The van der Waals surface area contributed by atoms with E-state index in [1.807, 2.05) is 60.7 Å². The van der Waals surface area contributed by atoms with Crippen LogP contribution in [0.15, 0.2) is 71.7 Å². The summed E-state index contributed by atoms with van der Waals surface area (Å²) < 4.78 is 5.76. The van der Waals surface area contributed by atoms with Crippen LogP contribution in [-0.2, 0) is 11.2 Å². The second-order valence-electron chi connectivity index (χ2n) is 5.72. The maximum absolute atomic E-state index is 12.6. The zero-order valence-electron chi connectivity index (χ0n) is 14.4. The topological polar surface area (TPSA) is 29.5 Å². The smallest absolute Gasteiger partial charge is 0.266 e. The van der Waals surface area contributed by atoms with Gasteiger partial charge in [-0.15, -0.1) is 0 Å². The fourth-order valence-corrected chi connectivity index (χ4v) is 3.81. The van der Waals surface area contributed by atoms with Crippen molar-refractivity contribution in [2.24, 2.45) is 0 Å². The van der Waals surface area contributed by atoms with E-state index in [1.54, 1.807) is 12.0 Å². The lowest BCUT2D eigenvalue weighted by molar-refractivity contribution is -0.122. The van der Waals surface area contributed by atoms with Crippen molar-refractivity contribution in [1.82, 2.24) is 4.90 Å². The monoisotopic (exact) mass is 381 g/mol. The summed E-state index contributed by atoms with van der Waals surface area (Å²) in [4.78, 5) is 14.9. The SMILES string of the molecule is COc1ccc(/C=C/C=C2\SC(=S)N(CCc3ccccc3)C2=O)cc1. The van der Waals surface area contributed by atoms with Gasteiger partial charge in [0.05, 0.1) is 12.0 Å². The van der Waals surface area contributed by atoms with E-state index in [1.165, 1.54) is 17.3 Å². The molecule has 5 heteroatoms. The molecular weight excluding hydrogens is 362 g/mol. The molecule has 0 atom stereocenters. The number of carbonyl (C=O) groups is 1. The largest absolute Gasteiger partial charge is 0.497 e. The Bertz CT molecular complexity index is 842. The van der Waals surface area contributed by atoms with Crippen molar-refractivity contribution >= 4 is 40.3 Å². The van der Waals surface area contributed by atoms with Gasteiger partial charge in [-0.3, -0.25) is 9.69 Å². The van der Waals surface area contributed by atoms with Crippen molar-refractivity contribution in [1.29, 1.82) is 0 Å². The molecular formula is C21H19NO2S2. The second kappa shape index (κ2) is 8.83. The van der Waals surface area contributed by atoms with Gasteiger partial charge in [-0.1, -0.05) is 78.6 Å². The van der Waals surface area contributed by atoms with Gasteiger partial charge in [0, 0.05) is 6.54 Å². The lowest BCUT2D eigenvalue weighted by Crippen LogP contribution is -2.30. The van der Waals surface area contributed by atoms with Crippen LogP contribution in [0.5, 0.6) is 5.75 Å². The van der Waals surface area contributed by atoms with E-state index >= 15 is 0 Å². The van der Waals surface area contributed by atoms with Crippen LogP contribution >= 0.6 is 24.0 Å². The van der Waals surface area contributed by atoms with E-state index in [-0.39, 0.29) is 5.91 Å². The maximum atomic E-state index is 12.6. The van der Waals surface area contributed by atoms with Gasteiger partial charge in [0.15, 0.2) is 0 Å². The third kappa shape index (κ3) is 4.62. The molecule has 1 aliphatic heterocycles. The quantitative estimate of drug-likeness (QED) is 0.536. The average molecular weight is 382 g/mol. The Balaban J connectivity index is 1.61. The number of nitrogens with zero attached hydrogens (tertiary/aromatic N) is 1. The number of benzene rings is 2. The number of methoxy groups -OCH3 is 1. The van der Waals surface area contributed by atoms with Crippen molar-refractivity contribution in [2.75, 3.05) is 13.7 Å². The first-order valence-electron chi connectivity index (χ1n) is 8.27. The summed E-state index contributed by atoms with van der Waals surface area (Å²) in [5.41, 5.74) is 2.24. The zero-order valence-corrected chi connectivity index (χ0v) is 16.1. The third-order valence-electron chi connectivity index (χ3n) is 3.99. The first-order chi connectivity index (χ1) is 12.7. The van der Waals surface area contributed by atoms with Crippen molar-refractivity contribution in [3.8, 4) is 5.75 Å². The number of thiocarbonyl (C=S) groups is 1. The summed E-state index contributed by atoms with van der Waals surface area (Å²) in [5.74, 6) is 0.803. The Kier molecular flexibility index (Phi) is 6.26. The first kappa shape index (κ1) is 18.4. The maximum Gasteiger partial charge on any atom is 0.266 e. The second-order valence-corrected chi connectivity index (χ2v) is 7.40. The van der Waals surface area contributed by atoms with Crippen LogP contribution in [0, 0.1) is 0 Å². The number of rotatable bonds is 6. The highest BCUT2D eigenvalue weighted by atomic mass is 32.2. The molecule has 0 N–H and O–H groups in total. The van der Waals surface area contributed by atoms with Crippen LogP contribution in [-0.4, -0.2) is 28.8 Å². The highest BCUT2D eigenvalue weighted by Crippen LogP contribution is 2.31. The molecule has 2 aromatic carbocycles. The summed E-state index contributed by atoms with van der Waals surface area (Å²) >= 11 is 6.73. The van der Waals surface area contributed by atoms with Crippen LogP contribution < -0.4 is 4.74 Å². The molecule has 0 aliphatic carbocycles. The minimum atomic E-state index is -0.0182. The van der Waals surface area contributed by atoms with Crippen LogP contribution in [0.4, 0.5) is 0 Å². The molecule has 0 saturated carbocycles. The van der Waals surface area contributed by atoms with E-state index < -0.39 is 0 Å². The summed E-state index contributed by atoms with van der Waals surface area (Å²) in [6.45, 7) is 0.605. The van der Waals surface area contributed by atoms with E-state index in [0.717, 1.165) is 17.7 Å². The van der Waals surface area contributed by atoms with E-state index in [4.69, 9.17) is 17.0 Å². The Labute approximate surface area is 163 Å². The van der Waals surface area contributed by atoms with Gasteiger partial charge < -0.3 is 4.74 Å². The molecule has 3 rings (SSSR count). The van der Waals surface area contributed by atoms with Gasteiger partial charge in [0.1, 0.15) is 10.1 Å². The fraction of sp³-hybridized carbons (Fsp3) is 0.143. The Morgan fingerprint density at radius 1 is 1.12 bits per heavy atom. The molecule has 1 saturated heterocycles. The third-order valence-corrected chi connectivity index (χ3v) is 5.39. The van der Waals surface area contributed by atoms with Crippen LogP contribution in [0.1, 0.15) is 11.1 Å². The summed E-state index contributed by atoms with van der Waals surface area (Å²) in [6.07, 6.45) is 6.45. The van der Waals surface area contributed by atoms with E-state index in [9.17, 15) is 4.79 Å². The molecule has 132 valence electrons. The molecule has 0 unspecified atom stereocenters. The molecule has 0 bridgehead atoms. The van der Waals surface area contributed by atoms with Gasteiger partial charge in [-0.2, -0.15) is 0 Å². The highest BCUT2D eigenvalue weighted by molar-refractivity contribution is 8.26. The number of thioether (sulfide) groups is 1. The van der Waals surface area contributed by atoms with Crippen LogP contribution in [0.2, 0.25) is 0 Å². The molecule has 3 nitrogen and oxygen atoms in total. The van der Waals surface area contributed by atoms with Crippen LogP contribution in [0.3, 0.4) is 0 Å². The minimum Gasteiger partial charge on any atom is -0.497 e. The molecule has 26 heavy (non-hydrogen) atoms. The number of ether oxygens (including phenoxy) is 1. The van der Waals surface area contributed by atoms with Gasteiger partial charge in [0.2, 0.25) is 0 Å². The van der Waals surface area contributed by atoms with Crippen molar-refractivity contribution in [3.63, 3.8) is 0 Å². The number of carbonyl (C=O) groups excluding carboxylic acids is 1. The number of hydrogen-bond donors (Lipinski definition) is 0. The highest BCUT2D eigenvalue weighted by Gasteiger charge is 2.31. The number of amides is 1. The molecule has 1 fully saturated rings. The van der Waals surface area contributed by atoms with Gasteiger partial charge in [0.25, 0.3) is 5.91 Å². The lowest BCUT2D eigenvalue weighted by Gasteiger charge is -2.14. The number of hydrogen-bond acceptors (Lipinski definition) is 4. The molecule has 1 heterocycles. The Morgan fingerprint density at radius 3 is 2.54 bits per heavy atom. The number of allylic oxidation sites excluding steroid dienone is 2. The normalized spacial score (nSPS) is 16.0. The average Bonchev–Trinajstić information content (AvgIpc) is 2.94. The molecule has 0 aromatic heterocycles. The van der Waals surface area contributed by atoms with Gasteiger partial charge in [-0.05, 0) is 35.8 Å². The predicted octanol–water partition coefficient (Wildman–Crippen LogP) is 4.70. The first-order valence-corrected chi connectivity index (χ1v) is 9.50. The summed E-state index contributed by atoms with van der Waals surface area (Å²) in [5, 5.41) is 0. The van der Waals surface area contributed by atoms with Gasteiger partial charge >= 0.3 is 0 Å². The summed E-state index contributed by atoms with van der Waals surface area (Å²) in [6, 6.07) is 17.9.